The molecule has 3 rings (SSSR count). The van der Waals surface area contributed by atoms with Crippen LogP contribution in [-0.2, 0) is 0 Å². The molecule has 0 radical (unpaired) electrons. The Labute approximate surface area is 127 Å². The van der Waals surface area contributed by atoms with E-state index in [1.807, 2.05) is 0 Å². The first kappa shape index (κ1) is 14.3. The number of nitrogens with one attached hydrogen (secondary N) is 1. The van der Waals surface area contributed by atoms with E-state index < -0.39 is 16.5 Å². The molecule has 0 saturated heterocycles. The number of halogens is 1. The normalized spacial score (nSPS) is 26.8. The lowest BCUT2D eigenvalue weighted by atomic mass is 9.89. The number of hydrogen-bond donors (Lipinski definition) is 1. The van der Waals surface area contributed by atoms with E-state index in [0.717, 1.165) is 12.3 Å². The first-order valence-electron chi connectivity index (χ1n) is 7.13. The summed E-state index contributed by atoms with van der Waals surface area (Å²) in [6.07, 6.45) is 6.28. The van der Waals surface area contributed by atoms with E-state index in [9.17, 15) is 14.9 Å². The molecule has 21 heavy (non-hydrogen) atoms. The number of carbonyl (C=O) groups is 1. The van der Waals surface area contributed by atoms with Gasteiger partial charge in [-0.3, -0.25) is 14.9 Å². The number of rotatable bonds is 4. The van der Waals surface area contributed by atoms with Crippen molar-refractivity contribution >= 4 is 23.2 Å². The van der Waals surface area contributed by atoms with Gasteiger partial charge in [0.25, 0.3) is 5.91 Å². The predicted molar refractivity (Wildman–Crippen MR) is 77.2 cm³/mol. The van der Waals surface area contributed by atoms with Crippen LogP contribution in [0.5, 0.6) is 0 Å². The molecule has 2 bridgehead atoms. The fourth-order valence-corrected chi connectivity index (χ4v) is 3.96. The van der Waals surface area contributed by atoms with Gasteiger partial charge in [-0.2, -0.15) is 0 Å². The van der Waals surface area contributed by atoms with Crippen LogP contribution in [0.2, 0.25) is 5.15 Å². The lowest BCUT2D eigenvalue weighted by Gasteiger charge is -2.21. The SMILES string of the molecule is O=C(NCC1CC2CCC1C2)c1ccnc(Cl)c1[N+](=O)[O-]. The Kier molecular flexibility index (Phi) is 3.80. The quantitative estimate of drug-likeness (QED) is 0.526. The fraction of sp³-hybridized carbons (Fsp3) is 0.571. The number of amides is 1. The maximum absolute atomic E-state index is 12.2. The Morgan fingerprint density at radius 3 is 2.90 bits per heavy atom. The van der Waals surface area contributed by atoms with Crippen molar-refractivity contribution in [3.05, 3.63) is 33.1 Å². The minimum absolute atomic E-state index is 0.0249. The van der Waals surface area contributed by atoms with Gasteiger partial charge in [-0.05, 0) is 43.1 Å². The number of nitro groups is 1. The molecule has 0 aliphatic heterocycles. The number of fused-ring (bicyclic) bond motifs is 2. The Morgan fingerprint density at radius 2 is 2.29 bits per heavy atom. The van der Waals surface area contributed by atoms with Crippen LogP contribution in [0.25, 0.3) is 0 Å². The summed E-state index contributed by atoms with van der Waals surface area (Å²) in [5.74, 6) is 1.56. The minimum Gasteiger partial charge on any atom is -0.352 e. The standard InChI is InChI=1S/C14H16ClN3O3/c15-13-12(18(20)21)11(3-4-16-13)14(19)17-7-10-6-8-1-2-9(10)5-8/h3-4,8-10H,1-2,5-7H2,(H,17,19). The highest BCUT2D eigenvalue weighted by Crippen LogP contribution is 2.47. The molecule has 6 nitrogen and oxygen atoms in total. The van der Waals surface area contributed by atoms with Crippen molar-refractivity contribution in [2.75, 3.05) is 6.54 Å². The van der Waals surface area contributed by atoms with Crippen molar-refractivity contribution in [3.63, 3.8) is 0 Å². The van der Waals surface area contributed by atoms with Crippen molar-refractivity contribution in [3.8, 4) is 0 Å². The molecule has 7 heteroatoms. The molecule has 1 amide bonds. The number of nitrogens with zero attached hydrogens (tertiary/aromatic N) is 2. The van der Waals surface area contributed by atoms with E-state index in [2.05, 4.69) is 10.3 Å². The van der Waals surface area contributed by atoms with E-state index in [0.29, 0.717) is 18.4 Å². The third-order valence-electron chi connectivity index (χ3n) is 4.72. The summed E-state index contributed by atoms with van der Waals surface area (Å²) in [4.78, 5) is 26.2. The third kappa shape index (κ3) is 2.72. The van der Waals surface area contributed by atoms with Crippen LogP contribution in [0.15, 0.2) is 12.3 Å². The molecule has 2 saturated carbocycles. The fourth-order valence-electron chi connectivity index (χ4n) is 3.73. The highest BCUT2D eigenvalue weighted by molar-refractivity contribution is 6.32. The molecule has 3 unspecified atom stereocenters. The summed E-state index contributed by atoms with van der Waals surface area (Å²) in [7, 11) is 0. The van der Waals surface area contributed by atoms with E-state index in [-0.39, 0.29) is 10.7 Å². The molecule has 0 aromatic carbocycles. The maximum Gasteiger partial charge on any atom is 0.319 e. The van der Waals surface area contributed by atoms with Gasteiger partial charge in [0.1, 0.15) is 5.56 Å². The molecule has 0 spiro atoms. The number of carbonyl (C=O) groups excluding carboxylic acids is 1. The average Bonchev–Trinajstić information content (AvgIpc) is 3.06. The van der Waals surface area contributed by atoms with E-state index in [4.69, 9.17) is 11.6 Å². The first-order chi connectivity index (χ1) is 10.1. The van der Waals surface area contributed by atoms with Crippen LogP contribution in [-0.4, -0.2) is 22.4 Å². The first-order valence-corrected chi connectivity index (χ1v) is 7.51. The van der Waals surface area contributed by atoms with Gasteiger partial charge < -0.3 is 5.32 Å². The molecular formula is C14H16ClN3O3. The van der Waals surface area contributed by atoms with Crippen LogP contribution in [0.4, 0.5) is 5.69 Å². The van der Waals surface area contributed by atoms with Gasteiger partial charge in [0.05, 0.1) is 4.92 Å². The molecule has 1 N–H and O–H groups in total. The smallest absolute Gasteiger partial charge is 0.319 e. The van der Waals surface area contributed by atoms with Crippen molar-refractivity contribution in [2.24, 2.45) is 17.8 Å². The highest BCUT2D eigenvalue weighted by Gasteiger charge is 2.39. The topological polar surface area (TPSA) is 85.1 Å². The van der Waals surface area contributed by atoms with Crippen LogP contribution in [0.3, 0.4) is 0 Å². The summed E-state index contributed by atoms with van der Waals surface area (Å²) in [6.45, 7) is 0.580. The van der Waals surface area contributed by atoms with Gasteiger partial charge in [-0.25, -0.2) is 4.98 Å². The molecule has 2 aliphatic rings. The Bertz CT molecular complexity index is 593. The molecule has 2 aliphatic carbocycles. The Morgan fingerprint density at radius 1 is 1.48 bits per heavy atom. The molecule has 2 fully saturated rings. The zero-order valence-corrected chi connectivity index (χ0v) is 12.2. The van der Waals surface area contributed by atoms with Gasteiger partial charge in [-0.1, -0.05) is 18.0 Å². The highest BCUT2D eigenvalue weighted by atomic mass is 35.5. The molecule has 1 heterocycles. The number of aromatic nitrogens is 1. The number of pyridine rings is 1. The maximum atomic E-state index is 12.2. The van der Waals surface area contributed by atoms with Gasteiger partial charge in [0.2, 0.25) is 5.15 Å². The molecule has 1 aromatic rings. The third-order valence-corrected chi connectivity index (χ3v) is 4.99. The summed E-state index contributed by atoms with van der Waals surface area (Å²) in [5, 5.41) is 13.6. The van der Waals surface area contributed by atoms with Gasteiger partial charge in [0, 0.05) is 12.7 Å². The predicted octanol–water partition coefficient (Wildman–Crippen LogP) is 2.81. The zero-order valence-electron chi connectivity index (χ0n) is 11.4. The van der Waals surface area contributed by atoms with Gasteiger partial charge in [-0.15, -0.1) is 0 Å². The molecule has 3 atom stereocenters. The van der Waals surface area contributed by atoms with Crippen molar-refractivity contribution in [1.82, 2.24) is 10.3 Å². The Balaban J connectivity index is 1.68. The second-order valence-electron chi connectivity index (χ2n) is 5.90. The molecular weight excluding hydrogens is 294 g/mol. The van der Waals surface area contributed by atoms with Gasteiger partial charge in [0.15, 0.2) is 0 Å². The summed E-state index contributed by atoms with van der Waals surface area (Å²) < 4.78 is 0. The molecule has 112 valence electrons. The monoisotopic (exact) mass is 309 g/mol. The average molecular weight is 310 g/mol. The van der Waals surface area contributed by atoms with E-state index in [1.165, 1.54) is 31.5 Å². The summed E-state index contributed by atoms with van der Waals surface area (Å²) in [5.41, 5.74) is -0.451. The lowest BCUT2D eigenvalue weighted by Crippen LogP contribution is -2.32. The largest absolute Gasteiger partial charge is 0.352 e. The van der Waals surface area contributed by atoms with Crippen molar-refractivity contribution < 1.29 is 9.72 Å². The van der Waals surface area contributed by atoms with Crippen LogP contribution in [0.1, 0.15) is 36.0 Å². The van der Waals surface area contributed by atoms with Crippen LogP contribution in [0, 0.1) is 27.9 Å². The van der Waals surface area contributed by atoms with Crippen molar-refractivity contribution in [2.45, 2.75) is 25.7 Å². The van der Waals surface area contributed by atoms with E-state index >= 15 is 0 Å². The summed E-state index contributed by atoms with van der Waals surface area (Å²) in [6, 6.07) is 1.33. The van der Waals surface area contributed by atoms with Crippen LogP contribution >= 0.6 is 11.6 Å². The van der Waals surface area contributed by atoms with E-state index in [1.54, 1.807) is 0 Å². The second-order valence-corrected chi connectivity index (χ2v) is 6.26. The number of hydrogen-bond acceptors (Lipinski definition) is 4. The summed E-state index contributed by atoms with van der Waals surface area (Å²) >= 11 is 5.71. The van der Waals surface area contributed by atoms with Crippen LogP contribution < -0.4 is 5.32 Å². The van der Waals surface area contributed by atoms with Crippen molar-refractivity contribution in [1.29, 1.82) is 0 Å². The second kappa shape index (κ2) is 5.60. The van der Waals surface area contributed by atoms with Gasteiger partial charge >= 0.3 is 5.69 Å². The minimum atomic E-state index is -0.665. The zero-order chi connectivity index (χ0) is 15.0. The lowest BCUT2D eigenvalue weighted by molar-refractivity contribution is -0.385. The Hall–Kier alpha value is -1.69. The molecule has 1 aromatic heterocycles.